The molecular weight excluding hydrogens is 430 g/mol. The van der Waals surface area contributed by atoms with Gasteiger partial charge >= 0.3 is 6.18 Å². The zero-order valence-electron chi connectivity index (χ0n) is 16.5. The Labute approximate surface area is 180 Å². The number of anilines is 2. The molecule has 0 bridgehead atoms. The molecule has 0 spiro atoms. The number of hydrogen-bond acceptors (Lipinski definition) is 6. The average molecular weight is 451 g/mol. The van der Waals surface area contributed by atoms with E-state index in [1.54, 1.807) is 18.5 Å². The lowest BCUT2D eigenvalue weighted by Crippen LogP contribution is -2.39. The van der Waals surface area contributed by atoms with E-state index in [1.165, 1.54) is 17.4 Å². The van der Waals surface area contributed by atoms with E-state index in [2.05, 4.69) is 25.9 Å². The van der Waals surface area contributed by atoms with Gasteiger partial charge in [-0.1, -0.05) is 11.3 Å². The van der Waals surface area contributed by atoms with Crippen molar-refractivity contribution < 1.29 is 17.6 Å². The number of nitrogens with one attached hydrogen (secondary N) is 3. The minimum absolute atomic E-state index is 0.123. The Balaban J connectivity index is 1.59. The molecular formula is C21H21F4N5S. The number of hydrogen-bond donors (Lipinski definition) is 3. The van der Waals surface area contributed by atoms with E-state index in [1.807, 2.05) is 6.07 Å². The molecule has 5 nitrogen and oxygen atoms in total. The van der Waals surface area contributed by atoms with Crippen LogP contribution in [0.1, 0.15) is 23.3 Å². The molecule has 0 radical (unpaired) electrons. The number of rotatable bonds is 6. The van der Waals surface area contributed by atoms with E-state index in [-0.39, 0.29) is 5.69 Å². The molecule has 1 aliphatic heterocycles. The molecule has 1 aliphatic rings. The van der Waals surface area contributed by atoms with Crippen LogP contribution in [0.3, 0.4) is 0 Å². The van der Waals surface area contributed by atoms with Crippen LogP contribution in [0, 0.1) is 5.82 Å². The number of pyridine rings is 1. The molecule has 3 N–H and O–H groups in total. The van der Waals surface area contributed by atoms with Gasteiger partial charge in [-0.2, -0.15) is 13.2 Å². The second-order valence-electron chi connectivity index (χ2n) is 7.26. The molecule has 3 aromatic rings. The fraction of sp³-hybridized carbons (Fsp3) is 0.333. The van der Waals surface area contributed by atoms with Crippen molar-refractivity contribution in [3.8, 4) is 11.3 Å². The molecule has 0 atom stereocenters. The smallest absolute Gasteiger partial charge is 0.332 e. The van der Waals surface area contributed by atoms with Crippen molar-refractivity contribution in [2.75, 3.05) is 18.4 Å². The predicted molar refractivity (Wildman–Crippen MR) is 113 cm³/mol. The average Bonchev–Trinajstić information content (AvgIpc) is 3.17. The van der Waals surface area contributed by atoms with Crippen molar-refractivity contribution >= 4 is 22.2 Å². The van der Waals surface area contributed by atoms with Crippen LogP contribution in [0.15, 0.2) is 42.7 Å². The van der Waals surface area contributed by atoms with E-state index in [0.717, 1.165) is 54.2 Å². The normalized spacial score (nSPS) is 15.2. The van der Waals surface area contributed by atoms with Gasteiger partial charge in [-0.05, 0) is 56.3 Å². The number of alkyl halides is 3. The number of nitrogens with zero attached hydrogens (tertiary/aromatic N) is 2. The number of aromatic nitrogens is 2. The molecule has 31 heavy (non-hydrogen) atoms. The van der Waals surface area contributed by atoms with Crippen molar-refractivity contribution in [1.29, 1.82) is 0 Å². The highest BCUT2D eigenvalue weighted by molar-refractivity contribution is 7.16. The van der Waals surface area contributed by atoms with Crippen LogP contribution in [-0.4, -0.2) is 29.1 Å². The molecule has 1 fully saturated rings. The van der Waals surface area contributed by atoms with Gasteiger partial charge < -0.3 is 16.0 Å². The second kappa shape index (κ2) is 9.29. The van der Waals surface area contributed by atoms with Gasteiger partial charge in [0.15, 0.2) is 5.13 Å². The highest BCUT2D eigenvalue weighted by Gasteiger charge is 2.34. The van der Waals surface area contributed by atoms with Crippen LogP contribution in [0.25, 0.3) is 11.3 Å². The molecule has 2 aromatic heterocycles. The summed E-state index contributed by atoms with van der Waals surface area (Å²) < 4.78 is 52.7. The largest absolute Gasteiger partial charge is 0.419 e. The summed E-state index contributed by atoms with van der Waals surface area (Å²) in [6.07, 6.45) is 0.658. The van der Waals surface area contributed by atoms with Crippen LogP contribution in [-0.2, 0) is 12.7 Å². The molecule has 1 saturated heterocycles. The first-order valence-electron chi connectivity index (χ1n) is 9.88. The lowest BCUT2D eigenvalue weighted by atomic mass is 10.1. The van der Waals surface area contributed by atoms with Crippen LogP contribution in [0.2, 0.25) is 0 Å². The third-order valence-corrected chi connectivity index (χ3v) is 6.02. The van der Waals surface area contributed by atoms with Gasteiger partial charge in [0, 0.05) is 41.1 Å². The van der Waals surface area contributed by atoms with Gasteiger partial charge in [0.05, 0.1) is 11.3 Å². The standard InChI is InChI=1S/C21H21F4N5S/c22-17-4-3-15(10-16(17)21(23,24)25)29-20-30-19(13-2-1-7-27-11-13)18(31-20)12-28-14-5-8-26-9-6-14/h1-4,7,10-11,14,26,28H,5-6,8-9,12H2,(H,29,30). The van der Waals surface area contributed by atoms with Crippen LogP contribution in [0.5, 0.6) is 0 Å². The third kappa shape index (κ3) is 5.38. The maximum absolute atomic E-state index is 13.6. The van der Waals surface area contributed by atoms with Gasteiger partial charge in [0.1, 0.15) is 5.82 Å². The van der Waals surface area contributed by atoms with Gasteiger partial charge in [-0.3, -0.25) is 4.98 Å². The van der Waals surface area contributed by atoms with E-state index in [0.29, 0.717) is 17.7 Å². The molecule has 0 saturated carbocycles. The predicted octanol–water partition coefficient (Wildman–Crippen LogP) is 4.95. The van der Waals surface area contributed by atoms with Crippen LogP contribution < -0.4 is 16.0 Å². The molecule has 0 aliphatic carbocycles. The van der Waals surface area contributed by atoms with E-state index < -0.39 is 17.6 Å². The van der Waals surface area contributed by atoms with E-state index in [9.17, 15) is 17.6 Å². The lowest BCUT2D eigenvalue weighted by Gasteiger charge is -2.23. The summed E-state index contributed by atoms with van der Waals surface area (Å²) >= 11 is 1.35. The van der Waals surface area contributed by atoms with Crippen molar-refractivity contribution in [3.05, 3.63) is 59.0 Å². The van der Waals surface area contributed by atoms with Gasteiger partial charge in [0.2, 0.25) is 0 Å². The summed E-state index contributed by atoms with van der Waals surface area (Å²) in [5.41, 5.74) is 0.358. The molecule has 10 heteroatoms. The highest BCUT2D eigenvalue weighted by Crippen LogP contribution is 2.36. The number of thiazole rings is 1. The van der Waals surface area contributed by atoms with Gasteiger partial charge in [-0.25, -0.2) is 9.37 Å². The number of halogens is 4. The SMILES string of the molecule is Fc1ccc(Nc2nc(-c3cccnc3)c(CNC3CCNCC3)s2)cc1C(F)(F)F. The summed E-state index contributed by atoms with van der Waals surface area (Å²) in [6.45, 7) is 2.52. The Hall–Kier alpha value is -2.56. The van der Waals surface area contributed by atoms with Crippen molar-refractivity contribution in [2.24, 2.45) is 0 Å². The quantitative estimate of drug-likeness (QED) is 0.463. The first kappa shape index (κ1) is 21.7. The minimum Gasteiger partial charge on any atom is -0.332 e. The molecule has 3 heterocycles. The number of benzene rings is 1. The first-order valence-corrected chi connectivity index (χ1v) is 10.7. The molecule has 0 unspecified atom stereocenters. The highest BCUT2D eigenvalue weighted by atomic mass is 32.1. The Morgan fingerprint density at radius 1 is 1.16 bits per heavy atom. The lowest BCUT2D eigenvalue weighted by molar-refractivity contribution is -0.139. The van der Waals surface area contributed by atoms with Crippen molar-refractivity contribution in [3.63, 3.8) is 0 Å². The van der Waals surface area contributed by atoms with Gasteiger partial charge in [-0.15, -0.1) is 0 Å². The molecule has 1 aromatic carbocycles. The maximum Gasteiger partial charge on any atom is 0.419 e. The molecule has 164 valence electrons. The zero-order chi connectivity index (χ0) is 21.8. The maximum atomic E-state index is 13.6. The topological polar surface area (TPSA) is 61.9 Å². The Kier molecular flexibility index (Phi) is 6.49. The summed E-state index contributed by atoms with van der Waals surface area (Å²) in [4.78, 5) is 9.69. The van der Waals surface area contributed by atoms with E-state index in [4.69, 9.17) is 0 Å². The summed E-state index contributed by atoms with van der Waals surface area (Å²) in [5, 5.41) is 10.2. The zero-order valence-corrected chi connectivity index (χ0v) is 17.3. The molecule has 4 rings (SSSR count). The summed E-state index contributed by atoms with van der Waals surface area (Å²) in [6, 6.07) is 6.92. The second-order valence-corrected chi connectivity index (χ2v) is 8.34. The Morgan fingerprint density at radius 2 is 1.97 bits per heavy atom. The fourth-order valence-corrected chi connectivity index (χ4v) is 4.42. The monoisotopic (exact) mass is 451 g/mol. The third-order valence-electron chi connectivity index (χ3n) is 5.05. The summed E-state index contributed by atoms with van der Waals surface area (Å²) in [7, 11) is 0. The van der Waals surface area contributed by atoms with Crippen LogP contribution >= 0.6 is 11.3 Å². The summed E-state index contributed by atoms with van der Waals surface area (Å²) in [5.74, 6) is -1.31. The number of piperidine rings is 1. The molecule has 0 amide bonds. The fourth-order valence-electron chi connectivity index (χ4n) is 3.46. The Morgan fingerprint density at radius 3 is 2.68 bits per heavy atom. The Bertz CT molecular complexity index is 1020. The van der Waals surface area contributed by atoms with Crippen LogP contribution in [0.4, 0.5) is 28.4 Å². The van der Waals surface area contributed by atoms with Crippen molar-refractivity contribution in [1.82, 2.24) is 20.6 Å². The van der Waals surface area contributed by atoms with Gasteiger partial charge in [0.25, 0.3) is 0 Å². The first-order chi connectivity index (χ1) is 14.9. The minimum atomic E-state index is -4.77. The van der Waals surface area contributed by atoms with Crippen molar-refractivity contribution in [2.45, 2.75) is 31.6 Å². The van der Waals surface area contributed by atoms with E-state index >= 15 is 0 Å².